The fourth-order valence-corrected chi connectivity index (χ4v) is 7.78. The standard InChI is InChI=1S/C27H28N6O2/c34-24(30-20-1-3-22-18(6-20)13-28-32-22)12-26-8-16-5-17(9-26)11-27(10-16,15-26)25(35)31-21-2-4-23-19(7-21)14-29-33-23/h1-4,6-7,13-14,16-17H,5,8-12,15H2,(H,28,32)(H,29,33)(H,30,34)(H,31,35). The number of aromatic nitrogens is 4. The van der Waals surface area contributed by atoms with Crippen LogP contribution in [-0.4, -0.2) is 32.2 Å². The summed E-state index contributed by atoms with van der Waals surface area (Å²) in [7, 11) is 0. The Morgan fingerprint density at radius 1 is 0.857 bits per heavy atom. The van der Waals surface area contributed by atoms with Crippen LogP contribution in [0.3, 0.4) is 0 Å². The van der Waals surface area contributed by atoms with Crippen molar-refractivity contribution >= 4 is 45.0 Å². The van der Waals surface area contributed by atoms with E-state index in [1.54, 1.807) is 12.4 Å². The molecule has 2 heterocycles. The van der Waals surface area contributed by atoms with Crippen molar-refractivity contribution in [2.75, 3.05) is 10.6 Å². The van der Waals surface area contributed by atoms with Crippen LogP contribution in [0.2, 0.25) is 0 Å². The topological polar surface area (TPSA) is 116 Å². The molecule has 35 heavy (non-hydrogen) atoms. The van der Waals surface area contributed by atoms with E-state index in [2.05, 4.69) is 31.0 Å². The highest BCUT2D eigenvalue weighted by molar-refractivity contribution is 5.98. The third-order valence-corrected chi connectivity index (χ3v) is 8.62. The highest BCUT2D eigenvalue weighted by Gasteiger charge is 2.60. The van der Waals surface area contributed by atoms with Gasteiger partial charge in [0.15, 0.2) is 0 Å². The van der Waals surface area contributed by atoms with E-state index in [1.165, 1.54) is 6.42 Å². The zero-order valence-electron chi connectivity index (χ0n) is 19.4. The van der Waals surface area contributed by atoms with Gasteiger partial charge in [0.1, 0.15) is 0 Å². The number of rotatable bonds is 5. The molecule has 8 heteroatoms. The molecule has 0 saturated heterocycles. The molecule has 4 N–H and O–H groups in total. The van der Waals surface area contributed by atoms with E-state index in [1.807, 2.05) is 36.4 Å². The molecule has 2 amide bonds. The van der Waals surface area contributed by atoms with Gasteiger partial charge >= 0.3 is 0 Å². The molecule has 2 unspecified atom stereocenters. The van der Waals surface area contributed by atoms with Crippen LogP contribution in [0.5, 0.6) is 0 Å². The number of carbonyl (C=O) groups excluding carboxylic acids is 2. The lowest BCUT2D eigenvalue weighted by molar-refractivity contribution is -0.155. The van der Waals surface area contributed by atoms with Gasteiger partial charge in [0.05, 0.1) is 28.8 Å². The van der Waals surface area contributed by atoms with Gasteiger partial charge in [0.2, 0.25) is 11.8 Å². The molecule has 0 spiro atoms. The minimum atomic E-state index is -0.384. The molecule has 4 fully saturated rings. The van der Waals surface area contributed by atoms with Crippen molar-refractivity contribution in [1.29, 1.82) is 0 Å². The molecule has 8 nitrogen and oxygen atoms in total. The second-order valence-corrected chi connectivity index (χ2v) is 11.3. The molecule has 4 aliphatic rings. The van der Waals surface area contributed by atoms with Crippen LogP contribution < -0.4 is 10.6 Å². The Balaban J connectivity index is 1.10. The third kappa shape index (κ3) is 3.50. The minimum absolute atomic E-state index is 0.0377. The predicted octanol–water partition coefficient (Wildman–Crippen LogP) is 4.99. The molecule has 8 rings (SSSR count). The number of hydrogen-bond donors (Lipinski definition) is 4. The maximum Gasteiger partial charge on any atom is 0.230 e. The number of H-pyrrole nitrogens is 2. The lowest BCUT2D eigenvalue weighted by Gasteiger charge is -2.61. The molecule has 4 saturated carbocycles. The summed E-state index contributed by atoms with van der Waals surface area (Å²) >= 11 is 0. The Hall–Kier alpha value is -3.68. The van der Waals surface area contributed by atoms with Crippen LogP contribution in [0.4, 0.5) is 11.4 Å². The number of aromatic amines is 2. The van der Waals surface area contributed by atoms with E-state index in [-0.39, 0.29) is 22.6 Å². The number of carbonyl (C=O) groups is 2. The van der Waals surface area contributed by atoms with E-state index < -0.39 is 0 Å². The van der Waals surface area contributed by atoms with Gasteiger partial charge in [-0.25, -0.2) is 0 Å². The maximum absolute atomic E-state index is 13.7. The van der Waals surface area contributed by atoms with E-state index in [0.717, 1.165) is 65.3 Å². The Kier molecular flexibility index (Phi) is 4.38. The van der Waals surface area contributed by atoms with Gasteiger partial charge in [-0.3, -0.25) is 19.8 Å². The van der Waals surface area contributed by atoms with Gasteiger partial charge < -0.3 is 10.6 Å². The van der Waals surface area contributed by atoms with Crippen molar-refractivity contribution in [2.24, 2.45) is 22.7 Å². The first kappa shape index (κ1) is 20.7. The molecular weight excluding hydrogens is 440 g/mol. The van der Waals surface area contributed by atoms with Gasteiger partial charge in [-0.05, 0) is 92.2 Å². The van der Waals surface area contributed by atoms with Gasteiger partial charge in [-0.2, -0.15) is 10.2 Å². The summed E-state index contributed by atoms with van der Waals surface area (Å²) in [6, 6.07) is 11.6. The predicted molar refractivity (Wildman–Crippen MR) is 134 cm³/mol. The van der Waals surface area contributed by atoms with Crippen LogP contribution >= 0.6 is 0 Å². The lowest BCUT2D eigenvalue weighted by Crippen LogP contribution is -2.57. The zero-order chi connectivity index (χ0) is 23.6. The van der Waals surface area contributed by atoms with Gasteiger partial charge in [0.25, 0.3) is 0 Å². The molecule has 178 valence electrons. The summed E-state index contributed by atoms with van der Waals surface area (Å²) < 4.78 is 0. The largest absolute Gasteiger partial charge is 0.326 e. The van der Waals surface area contributed by atoms with Crippen molar-refractivity contribution in [3.63, 3.8) is 0 Å². The highest BCUT2D eigenvalue weighted by Crippen LogP contribution is 2.66. The SMILES string of the molecule is O=C(CC12CC3CC(C1)CC(C(=O)Nc1ccc4[nH]ncc4c1)(C3)C2)Nc1ccc2[nH]ncc2c1. The van der Waals surface area contributed by atoms with E-state index >= 15 is 0 Å². The number of amides is 2. The number of fused-ring (bicyclic) bond motifs is 2. The number of benzene rings is 2. The van der Waals surface area contributed by atoms with Crippen LogP contribution in [0.1, 0.15) is 44.9 Å². The Labute approximate surface area is 202 Å². The summed E-state index contributed by atoms with van der Waals surface area (Å²) in [5.41, 5.74) is 3.01. The van der Waals surface area contributed by atoms with Crippen molar-refractivity contribution in [3.8, 4) is 0 Å². The Morgan fingerprint density at radius 2 is 1.46 bits per heavy atom. The first-order valence-corrected chi connectivity index (χ1v) is 12.5. The van der Waals surface area contributed by atoms with Gasteiger partial charge in [-0.15, -0.1) is 0 Å². The van der Waals surface area contributed by atoms with Crippen molar-refractivity contribution in [3.05, 3.63) is 48.8 Å². The van der Waals surface area contributed by atoms with Crippen LogP contribution in [0, 0.1) is 22.7 Å². The van der Waals surface area contributed by atoms with Crippen molar-refractivity contribution in [1.82, 2.24) is 20.4 Å². The normalized spacial score (nSPS) is 29.0. The molecule has 4 aliphatic carbocycles. The average molecular weight is 469 g/mol. The number of nitrogens with zero attached hydrogens (tertiary/aromatic N) is 2. The molecule has 4 bridgehead atoms. The van der Waals surface area contributed by atoms with E-state index in [4.69, 9.17) is 0 Å². The summed E-state index contributed by atoms with van der Waals surface area (Å²) in [5, 5.41) is 22.3. The van der Waals surface area contributed by atoms with E-state index in [9.17, 15) is 9.59 Å². The summed E-state index contributed by atoms with van der Waals surface area (Å²) in [5.74, 6) is 1.20. The number of hydrogen-bond acceptors (Lipinski definition) is 4. The van der Waals surface area contributed by atoms with Crippen molar-refractivity contribution in [2.45, 2.75) is 44.9 Å². The number of anilines is 2. The molecule has 0 aliphatic heterocycles. The van der Waals surface area contributed by atoms with E-state index in [0.29, 0.717) is 18.3 Å². The highest BCUT2D eigenvalue weighted by atomic mass is 16.2. The zero-order valence-corrected chi connectivity index (χ0v) is 19.4. The monoisotopic (exact) mass is 468 g/mol. The fraction of sp³-hybridized carbons (Fsp3) is 0.407. The Morgan fingerprint density at radius 3 is 2.09 bits per heavy atom. The van der Waals surface area contributed by atoms with Crippen LogP contribution in [0.25, 0.3) is 21.8 Å². The fourth-order valence-electron chi connectivity index (χ4n) is 7.78. The average Bonchev–Trinajstić information content (AvgIpc) is 3.46. The first-order chi connectivity index (χ1) is 17.0. The van der Waals surface area contributed by atoms with Gasteiger partial charge in [-0.1, -0.05) is 0 Å². The molecule has 2 atom stereocenters. The smallest absolute Gasteiger partial charge is 0.230 e. The first-order valence-electron chi connectivity index (χ1n) is 12.5. The molecule has 2 aromatic carbocycles. The summed E-state index contributed by atoms with van der Waals surface area (Å²) in [6.07, 6.45) is 9.95. The third-order valence-electron chi connectivity index (χ3n) is 8.62. The van der Waals surface area contributed by atoms with Crippen LogP contribution in [0.15, 0.2) is 48.8 Å². The summed E-state index contributed by atoms with van der Waals surface area (Å²) in [6.45, 7) is 0. The Bertz CT molecular complexity index is 1450. The maximum atomic E-state index is 13.7. The quantitative estimate of drug-likeness (QED) is 0.330. The minimum Gasteiger partial charge on any atom is -0.326 e. The second kappa shape index (κ2) is 7.41. The molecule has 4 aromatic rings. The summed E-state index contributed by atoms with van der Waals surface area (Å²) in [4.78, 5) is 26.9. The number of nitrogens with one attached hydrogen (secondary N) is 4. The lowest BCUT2D eigenvalue weighted by atomic mass is 9.43. The molecular formula is C27H28N6O2. The van der Waals surface area contributed by atoms with Crippen LogP contribution in [-0.2, 0) is 9.59 Å². The van der Waals surface area contributed by atoms with Crippen molar-refractivity contribution < 1.29 is 9.59 Å². The van der Waals surface area contributed by atoms with Gasteiger partial charge in [0, 0.05) is 28.6 Å². The second-order valence-electron chi connectivity index (χ2n) is 11.3. The molecule has 0 radical (unpaired) electrons. The molecule has 2 aromatic heterocycles.